The van der Waals surface area contributed by atoms with Gasteiger partial charge >= 0.3 is 0 Å². The Morgan fingerprint density at radius 3 is 3.00 bits per heavy atom. The lowest BCUT2D eigenvalue weighted by atomic mass is 10.0. The molecule has 0 saturated carbocycles. The van der Waals surface area contributed by atoms with Crippen LogP contribution in [0.2, 0.25) is 0 Å². The van der Waals surface area contributed by atoms with Crippen molar-refractivity contribution in [2.45, 2.75) is 32.0 Å². The number of amides is 1. The number of pyridine rings is 1. The summed E-state index contributed by atoms with van der Waals surface area (Å²) in [6.45, 7) is 3.32. The molecule has 3 rings (SSSR count). The lowest BCUT2D eigenvalue weighted by molar-refractivity contribution is 0.0820. The summed E-state index contributed by atoms with van der Waals surface area (Å²) in [6.07, 6.45) is 5.62. The van der Waals surface area contributed by atoms with Gasteiger partial charge in [-0.15, -0.1) is 0 Å². The van der Waals surface area contributed by atoms with E-state index in [0.29, 0.717) is 18.1 Å². The highest BCUT2D eigenvalue weighted by Gasteiger charge is 2.31. The largest absolute Gasteiger partial charge is 0.481 e. The van der Waals surface area contributed by atoms with E-state index in [9.17, 15) is 4.79 Å². The van der Waals surface area contributed by atoms with Crippen LogP contribution in [-0.2, 0) is 11.3 Å². The van der Waals surface area contributed by atoms with Gasteiger partial charge in [-0.1, -0.05) is 0 Å². The molecule has 1 fully saturated rings. The van der Waals surface area contributed by atoms with Crippen molar-refractivity contribution < 1.29 is 14.3 Å². The molecule has 1 aliphatic heterocycles. The van der Waals surface area contributed by atoms with Crippen molar-refractivity contribution in [3.8, 4) is 5.88 Å². The highest BCUT2D eigenvalue weighted by atomic mass is 16.5. The van der Waals surface area contributed by atoms with Crippen molar-refractivity contribution >= 4 is 5.91 Å². The monoisotopic (exact) mass is 316 g/mol. The first kappa shape index (κ1) is 15.5. The van der Waals surface area contributed by atoms with Gasteiger partial charge in [0.25, 0.3) is 5.91 Å². The number of ether oxygens (including phenoxy) is 2. The summed E-state index contributed by atoms with van der Waals surface area (Å²) in [5.74, 6) is 0.422. The van der Waals surface area contributed by atoms with E-state index in [1.165, 1.54) is 0 Å². The molecule has 122 valence electrons. The first-order valence-electron chi connectivity index (χ1n) is 7.66. The molecule has 0 unspecified atom stereocenters. The molecule has 1 saturated heterocycles. The van der Waals surface area contributed by atoms with E-state index in [4.69, 9.17) is 9.47 Å². The molecule has 0 spiro atoms. The zero-order valence-electron chi connectivity index (χ0n) is 13.2. The van der Waals surface area contributed by atoms with Crippen LogP contribution in [0.25, 0.3) is 0 Å². The van der Waals surface area contributed by atoms with Crippen LogP contribution in [0, 0.1) is 0 Å². The molecule has 0 bridgehead atoms. The first-order valence-corrected chi connectivity index (χ1v) is 7.66. The predicted molar refractivity (Wildman–Crippen MR) is 83.3 cm³/mol. The minimum absolute atomic E-state index is 0.0809. The average Bonchev–Trinajstić information content (AvgIpc) is 3.24. The second kappa shape index (κ2) is 6.78. The van der Waals surface area contributed by atoms with E-state index < -0.39 is 0 Å². The smallest absolute Gasteiger partial charge is 0.254 e. The van der Waals surface area contributed by atoms with E-state index >= 15 is 0 Å². The fourth-order valence-corrected chi connectivity index (χ4v) is 2.65. The van der Waals surface area contributed by atoms with Gasteiger partial charge in [0.2, 0.25) is 5.88 Å². The van der Waals surface area contributed by atoms with Crippen LogP contribution < -0.4 is 10.1 Å². The molecule has 0 radical (unpaired) electrons. The molecule has 3 heterocycles. The number of nitrogens with zero attached hydrogens (tertiary/aromatic N) is 3. The second-order valence-corrected chi connectivity index (χ2v) is 5.38. The summed E-state index contributed by atoms with van der Waals surface area (Å²) in [5, 5.41) is 7.16. The van der Waals surface area contributed by atoms with Gasteiger partial charge in [-0.2, -0.15) is 5.10 Å². The van der Waals surface area contributed by atoms with E-state index in [1.54, 1.807) is 36.4 Å². The normalized spacial score (nSPS) is 20.4. The van der Waals surface area contributed by atoms with Crippen LogP contribution >= 0.6 is 0 Å². The van der Waals surface area contributed by atoms with Crippen LogP contribution in [0.5, 0.6) is 5.88 Å². The fourth-order valence-electron chi connectivity index (χ4n) is 2.65. The molecule has 7 heteroatoms. The molecular weight excluding hydrogens is 296 g/mol. The number of methoxy groups -OCH3 is 1. The Labute approximate surface area is 134 Å². The van der Waals surface area contributed by atoms with E-state index in [0.717, 1.165) is 18.5 Å². The molecule has 23 heavy (non-hydrogen) atoms. The Morgan fingerprint density at radius 2 is 2.35 bits per heavy atom. The molecule has 1 aliphatic rings. The number of hydrogen-bond acceptors (Lipinski definition) is 5. The molecule has 0 aromatic carbocycles. The summed E-state index contributed by atoms with van der Waals surface area (Å²) in [4.78, 5) is 16.6. The predicted octanol–water partition coefficient (Wildman–Crippen LogP) is 1.57. The molecule has 0 aliphatic carbocycles. The van der Waals surface area contributed by atoms with Crippen molar-refractivity contribution in [2.75, 3.05) is 13.7 Å². The molecule has 1 amide bonds. The summed E-state index contributed by atoms with van der Waals surface area (Å²) in [5.41, 5.74) is 1.49. The van der Waals surface area contributed by atoms with Crippen LogP contribution in [-0.4, -0.2) is 40.4 Å². The molecule has 2 aromatic rings. The van der Waals surface area contributed by atoms with Crippen molar-refractivity contribution in [2.24, 2.45) is 0 Å². The SMILES string of the molecule is CCn1cc(C(=O)N[C@H]2CCO[C@@H]2c2ccc(OC)nc2)cn1. The Balaban J connectivity index is 1.69. The Hall–Kier alpha value is -2.41. The number of hydrogen-bond donors (Lipinski definition) is 1. The maximum atomic E-state index is 12.4. The summed E-state index contributed by atoms with van der Waals surface area (Å²) < 4.78 is 12.6. The van der Waals surface area contributed by atoms with Crippen LogP contribution in [0.15, 0.2) is 30.7 Å². The highest BCUT2D eigenvalue weighted by molar-refractivity contribution is 5.93. The summed E-state index contributed by atoms with van der Waals surface area (Å²) in [6, 6.07) is 3.62. The molecule has 7 nitrogen and oxygen atoms in total. The number of rotatable bonds is 5. The average molecular weight is 316 g/mol. The summed E-state index contributed by atoms with van der Waals surface area (Å²) in [7, 11) is 1.58. The minimum atomic E-state index is -0.196. The zero-order chi connectivity index (χ0) is 16.2. The third-order valence-electron chi connectivity index (χ3n) is 3.92. The van der Waals surface area contributed by atoms with Crippen molar-refractivity contribution in [1.82, 2.24) is 20.1 Å². The lowest BCUT2D eigenvalue weighted by Gasteiger charge is -2.19. The van der Waals surface area contributed by atoms with Crippen molar-refractivity contribution in [1.29, 1.82) is 0 Å². The quantitative estimate of drug-likeness (QED) is 0.906. The van der Waals surface area contributed by atoms with Crippen LogP contribution in [0.3, 0.4) is 0 Å². The van der Waals surface area contributed by atoms with Gasteiger partial charge < -0.3 is 14.8 Å². The maximum Gasteiger partial charge on any atom is 0.254 e. The number of aromatic nitrogens is 3. The van der Waals surface area contributed by atoms with Gasteiger partial charge in [0.1, 0.15) is 6.10 Å². The van der Waals surface area contributed by atoms with Gasteiger partial charge in [-0.25, -0.2) is 4.98 Å². The first-order chi connectivity index (χ1) is 11.2. The molecule has 2 atom stereocenters. The van der Waals surface area contributed by atoms with Crippen LogP contribution in [0.4, 0.5) is 0 Å². The topological polar surface area (TPSA) is 78.3 Å². The van der Waals surface area contributed by atoms with Gasteiger partial charge in [0, 0.05) is 37.2 Å². The molecule has 1 N–H and O–H groups in total. The van der Waals surface area contributed by atoms with E-state index in [-0.39, 0.29) is 18.1 Å². The summed E-state index contributed by atoms with van der Waals surface area (Å²) >= 11 is 0. The molecular formula is C16H20N4O3. The maximum absolute atomic E-state index is 12.4. The standard InChI is InChI=1S/C16H20N4O3/c1-3-20-10-12(9-18-20)16(21)19-13-6-7-23-15(13)11-4-5-14(22-2)17-8-11/h4-5,8-10,13,15H,3,6-7H2,1-2H3,(H,19,21)/t13-,15+/m0/s1. The van der Waals surface area contributed by atoms with Gasteiger partial charge in [0.05, 0.1) is 24.9 Å². The minimum Gasteiger partial charge on any atom is -0.481 e. The third-order valence-corrected chi connectivity index (χ3v) is 3.92. The highest BCUT2D eigenvalue weighted by Crippen LogP contribution is 2.29. The van der Waals surface area contributed by atoms with E-state index in [1.807, 2.05) is 13.0 Å². The van der Waals surface area contributed by atoms with Gasteiger partial charge in [0.15, 0.2) is 0 Å². The Kier molecular flexibility index (Phi) is 4.57. The number of carbonyl (C=O) groups is 1. The van der Waals surface area contributed by atoms with Crippen LogP contribution in [0.1, 0.15) is 35.4 Å². The second-order valence-electron chi connectivity index (χ2n) is 5.38. The van der Waals surface area contributed by atoms with Gasteiger partial charge in [-0.05, 0) is 19.4 Å². The van der Waals surface area contributed by atoms with Crippen molar-refractivity contribution in [3.05, 3.63) is 41.9 Å². The lowest BCUT2D eigenvalue weighted by Crippen LogP contribution is -2.36. The van der Waals surface area contributed by atoms with Gasteiger partial charge in [-0.3, -0.25) is 9.48 Å². The number of nitrogens with one attached hydrogen (secondary N) is 1. The van der Waals surface area contributed by atoms with E-state index in [2.05, 4.69) is 15.4 Å². The number of aryl methyl sites for hydroxylation is 1. The van der Waals surface area contributed by atoms with Crippen molar-refractivity contribution in [3.63, 3.8) is 0 Å². The zero-order valence-corrected chi connectivity index (χ0v) is 13.2. The Bertz CT molecular complexity index is 668. The number of carbonyl (C=O) groups excluding carboxylic acids is 1. The third kappa shape index (κ3) is 3.34. The fraction of sp³-hybridized carbons (Fsp3) is 0.438. The Morgan fingerprint density at radius 1 is 1.48 bits per heavy atom. The molecule has 2 aromatic heterocycles.